The van der Waals surface area contributed by atoms with Crippen molar-refractivity contribution in [2.24, 2.45) is 5.92 Å². The van der Waals surface area contributed by atoms with Crippen LogP contribution < -0.4 is 0 Å². The van der Waals surface area contributed by atoms with Crippen LogP contribution in [0.4, 0.5) is 4.79 Å². The maximum Gasteiger partial charge on any atom is 0.410 e. The van der Waals surface area contributed by atoms with Crippen LogP contribution in [0.25, 0.3) is 0 Å². The molecule has 1 unspecified atom stereocenters. The topological polar surface area (TPSA) is 66.8 Å². The van der Waals surface area contributed by atoms with Crippen molar-refractivity contribution in [1.29, 1.82) is 0 Å². The highest BCUT2D eigenvalue weighted by molar-refractivity contribution is 5.77. The van der Waals surface area contributed by atoms with Gasteiger partial charge >= 0.3 is 12.1 Å². The zero-order valence-corrected chi connectivity index (χ0v) is 9.72. The highest BCUT2D eigenvalue weighted by Gasteiger charge is 2.57. The van der Waals surface area contributed by atoms with Crippen LogP contribution in [-0.4, -0.2) is 40.8 Å². The van der Waals surface area contributed by atoms with Crippen molar-refractivity contribution in [2.75, 3.05) is 13.2 Å². The second-order valence-corrected chi connectivity index (χ2v) is 4.65. The molecular weight excluding hydrogens is 222 g/mol. The Morgan fingerprint density at radius 3 is 2.71 bits per heavy atom. The Morgan fingerprint density at radius 1 is 1.53 bits per heavy atom. The molecule has 0 aromatic heterocycles. The van der Waals surface area contributed by atoms with Gasteiger partial charge in [-0.2, -0.15) is 0 Å². The predicted molar refractivity (Wildman–Crippen MR) is 60.6 cm³/mol. The molecule has 94 valence electrons. The molecule has 17 heavy (non-hydrogen) atoms. The predicted octanol–water partition coefficient (Wildman–Crippen LogP) is 1.64. The molecule has 0 radical (unpaired) electrons. The fourth-order valence-electron chi connectivity index (χ4n) is 2.93. The van der Waals surface area contributed by atoms with Crippen molar-refractivity contribution in [3.8, 4) is 0 Å². The van der Waals surface area contributed by atoms with Crippen molar-refractivity contribution in [3.63, 3.8) is 0 Å². The van der Waals surface area contributed by atoms with Crippen LogP contribution in [0.5, 0.6) is 0 Å². The van der Waals surface area contributed by atoms with E-state index in [9.17, 15) is 14.7 Å². The van der Waals surface area contributed by atoms with E-state index in [1.165, 1.54) is 6.08 Å². The normalized spacial score (nSPS) is 25.4. The summed E-state index contributed by atoms with van der Waals surface area (Å²) in [5.74, 6) is -1.24. The molecule has 0 aromatic rings. The number of hydrogen-bond donors (Lipinski definition) is 1. The third-order valence-electron chi connectivity index (χ3n) is 3.89. The van der Waals surface area contributed by atoms with Gasteiger partial charge in [0.2, 0.25) is 0 Å². The minimum Gasteiger partial charge on any atom is -0.481 e. The van der Waals surface area contributed by atoms with Gasteiger partial charge < -0.3 is 14.7 Å². The quantitative estimate of drug-likeness (QED) is 0.760. The number of rotatable bonds is 3. The van der Waals surface area contributed by atoms with Crippen LogP contribution >= 0.6 is 0 Å². The molecule has 2 aliphatic rings. The average Bonchev–Trinajstić information content (AvgIpc) is 2.65. The van der Waals surface area contributed by atoms with E-state index in [1.807, 2.05) is 0 Å². The Kier molecular flexibility index (Phi) is 3.09. The summed E-state index contributed by atoms with van der Waals surface area (Å²) >= 11 is 0. The molecule has 5 heteroatoms. The van der Waals surface area contributed by atoms with Gasteiger partial charge in [-0.15, -0.1) is 0 Å². The van der Waals surface area contributed by atoms with Crippen LogP contribution in [0.3, 0.4) is 0 Å². The second kappa shape index (κ2) is 4.39. The number of carbonyl (C=O) groups is 2. The second-order valence-electron chi connectivity index (χ2n) is 4.65. The van der Waals surface area contributed by atoms with Crippen LogP contribution in [0.1, 0.15) is 25.7 Å². The lowest BCUT2D eigenvalue weighted by molar-refractivity contribution is -0.146. The minimum atomic E-state index is -0.802. The fourth-order valence-corrected chi connectivity index (χ4v) is 2.93. The zero-order chi connectivity index (χ0) is 12.5. The Balaban J connectivity index is 2.11. The molecule has 0 aromatic carbocycles. The summed E-state index contributed by atoms with van der Waals surface area (Å²) in [6.07, 6.45) is 4.15. The van der Waals surface area contributed by atoms with Crippen molar-refractivity contribution in [3.05, 3.63) is 12.7 Å². The largest absolute Gasteiger partial charge is 0.481 e. The molecule has 1 spiro atoms. The summed E-state index contributed by atoms with van der Waals surface area (Å²) < 4.78 is 5.01. The maximum atomic E-state index is 11.8. The molecule has 1 heterocycles. The molecule has 1 saturated carbocycles. The molecule has 1 aliphatic carbocycles. The molecule has 2 fully saturated rings. The number of amides is 1. The Bertz CT molecular complexity index is 348. The summed E-state index contributed by atoms with van der Waals surface area (Å²) in [6.45, 7) is 4.13. The number of nitrogens with zero attached hydrogens (tertiary/aromatic N) is 1. The van der Waals surface area contributed by atoms with Crippen LogP contribution in [0.2, 0.25) is 0 Å². The minimum absolute atomic E-state index is 0.170. The third kappa shape index (κ3) is 1.79. The van der Waals surface area contributed by atoms with Gasteiger partial charge in [0.25, 0.3) is 0 Å². The highest BCUT2D eigenvalue weighted by Crippen LogP contribution is 2.49. The van der Waals surface area contributed by atoms with Gasteiger partial charge in [0.05, 0.1) is 11.5 Å². The number of carbonyl (C=O) groups excluding carboxylic acids is 1. The maximum absolute atomic E-state index is 11.8. The number of aliphatic carboxylic acids is 1. The summed E-state index contributed by atoms with van der Waals surface area (Å²) in [7, 11) is 0. The third-order valence-corrected chi connectivity index (χ3v) is 3.89. The van der Waals surface area contributed by atoms with Crippen molar-refractivity contribution in [2.45, 2.75) is 31.2 Å². The molecule has 1 aliphatic heterocycles. The summed E-state index contributed by atoms with van der Waals surface area (Å²) in [4.78, 5) is 24.7. The van der Waals surface area contributed by atoms with Gasteiger partial charge in [-0.1, -0.05) is 12.7 Å². The van der Waals surface area contributed by atoms with E-state index in [-0.39, 0.29) is 6.61 Å². The lowest BCUT2D eigenvalue weighted by Crippen LogP contribution is -2.57. The Labute approximate surface area is 100 Å². The number of hydrogen-bond acceptors (Lipinski definition) is 3. The van der Waals surface area contributed by atoms with Gasteiger partial charge in [0.1, 0.15) is 6.61 Å². The highest BCUT2D eigenvalue weighted by atomic mass is 16.6. The summed E-state index contributed by atoms with van der Waals surface area (Å²) in [5.41, 5.74) is -0.482. The summed E-state index contributed by atoms with van der Waals surface area (Å²) in [6, 6.07) is 0. The van der Waals surface area contributed by atoms with Gasteiger partial charge in [0.15, 0.2) is 0 Å². The first kappa shape index (κ1) is 12.0. The Morgan fingerprint density at radius 2 is 2.24 bits per heavy atom. The van der Waals surface area contributed by atoms with Crippen LogP contribution in [-0.2, 0) is 9.53 Å². The molecule has 1 atom stereocenters. The molecule has 5 nitrogen and oxygen atoms in total. The molecule has 1 amide bonds. The standard InChI is InChI=1S/C12H17NO4/c1-2-8-17-11(16)13-7-4-9(10(14)15)12(13)5-3-6-12/h2,9H,1,3-8H2,(H,14,15). The monoisotopic (exact) mass is 239 g/mol. The zero-order valence-electron chi connectivity index (χ0n) is 9.72. The SMILES string of the molecule is C=CCOC(=O)N1CCC(C(=O)O)C12CCC2. The van der Waals surface area contributed by atoms with E-state index in [0.29, 0.717) is 13.0 Å². The first-order valence-corrected chi connectivity index (χ1v) is 5.90. The van der Waals surface area contributed by atoms with Gasteiger partial charge in [-0.25, -0.2) is 4.79 Å². The number of carboxylic acid groups (broad SMARTS) is 1. The molecule has 1 N–H and O–H groups in total. The van der Waals surface area contributed by atoms with Crippen molar-refractivity contribution < 1.29 is 19.4 Å². The van der Waals surface area contributed by atoms with Crippen molar-refractivity contribution in [1.82, 2.24) is 4.90 Å². The van der Waals surface area contributed by atoms with Crippen LogP contribution in [0.15, 0.2) is 12.7 Å². The van der Waals surface area contributed by atoms with Gasteiger partial charge in [-0.3, -0.25) is 4.79 Å². The van der Waals surface area contributed by atoms with Crippen LogP contribution in [0, 0.1) is 5.92 Å². The first-order valence-electron chi connectivity index (χ1n) is 5.90. The van der Waals surface area contributed by atoms with E-state index in [0.717, 1.165) is 19.3 Å². The number of carboxylic acids is 1. The number of ether oxygens (including phenoxy) is 1. The fraction of sp³-hybridized carbons (Fsp3) is 0.667. The summed E-state index contributed by atoms with van der Waals surface area (Å²) in [5, 5.41) is 9.19. The van der Waals surface area contributed by atoms with Crippen molar-refractivity contribution >= 4 is 12.1 Å². The smallest absolute Gasteiger partial charge is 0.410 e. The molecule has 1 saturated heterocycles. The Hall–Kier alpha value is -1.52. The average molecular weight is 239 g/mol. The van der Waals surface area contributed by atoms with E-state index < -0.39 is 23.5 Å². The lowest BCUT2D eigenvalue weighted by atomic mass is 9.68. The van der Waals surface area contributed by atoms with E-state index in [2.05, 4.69) is 6.58 Å². The van der Waals surface area contributed by atoms with E-state index in [4.69, 9.17) is 4.74 Å². The molecule has 0 bridgehead atoms. The lowest BCUT2D eigenvalue weighted by Gasteiger charge is -2.47. The van der Waals surface area contributed by atoms with E-state index >= 15 is 0 Å². The molecule has 2 rings (SSSR count). The number of likely N-dealkylation sites (tertiary alicyclic amines) is 1. The molecular formula is C12H17NO4. The van der Waals surface area contributed by atoms with Gasteiger partial charge in [0, 0.05) is 6.54 Å². The van der Waals surface area contributed by atoms with E-state index in [1.54, 1.807) is 4.90 Å². The first-order chi connectivity index (χ1) is 8.12. The van der Waals surface area contributed by atoms with Gasteiger partial charge in [-0.05, 0) is 25.7 Å².